The summed E-state index contributed by atoms with van der Waals surface area (Å²) in [5.74, 6) is 0.578. The van der Waals surface area contributed by atoms with Gasteiger partial charge in [0.05, 0.1) is 30.5 Å². The van der Waals surface area contributed by atoms with Crippen LogP contribution in [-0.2, 0) is 4.79 Å². The van der Waals surface area contributed by atoms with Gasteiger partial charge in [0.15, 0.2) is 0 Å². The van der Waals surface area contributed by atoms with Crippen LogP contribution in [0.5, 0.6) is 5.75 Å². The van der Waals surface area contributed by atoms with E-state index in [-0.39, 0.29) is 18.3 Å². The minimum atomic E-state index is -0.499. The maximum Gasteiger partial charge on any atom is 0.345 e. The number of hydrogen-bond acceptors (Lipinski definition) is 6. The van der Waals surface area contributed by atoms with Crippen LogP contribution >= 0.6 is 11.8 Å². The third kappa shape index (κ3) is 4.84. The van der Waals surface area contributed by atoms with E-state index < -0.39 is 11.7 Å². The molecule has 1 aromatic heterocycles. The Balaban J connectivity index is 1.96. The molecule has 2 aromatic rings. The van der Waals surface area contributed by atoms with Crippen LogP contribution in [0.15, 0.2) is 40.3 Å². The number of ether oxygens (including phenoxy) is 1. The van der Waals surface area contributed by atoms with Gasteiger partial charge in [-0.2, -0.15) is 0 Å². The van der Waals surface area contributed by atoms with Gasteiger partial charge in [-0.25, -0.2) is 9.78 Å². The highest BCUT2D eigenvalue weighted by Crippen LogP contribution is 2.19. The van der Waals surface area contributed by atoms with Gasteiger partial charge in [-0.05, 0) is 30.2 Å². The van der Waals surface area contributed by atoms with Crippen molar-refractivity contribution >= 4 is 17.7 Å². The number of carbonyl (C=O) groups excluding carboxylic acids is 1. The Labute approximate surface area is 143 Å². The van der Waals surface area contributed by atoms with Gasteiger partial charge in [0.25, 0.3) is 0 Å². The van der Waals surface area contributed by atoms with Crippen LogP contribution in [-0.4, -0.2) is 40.5 Å². The topological polar surface area (TPSA) is 104 Å². The molecule has 0 saturated carbocycles. The number of methoxy groups -OCH3 is 1. The molecule has 0 spiro atoms. The van der Waals surface area contributed by atoms with Crippen molar-refractivity contribution in [1.29, 1.82) is 0 Å². The summed E-state index contributed by atoms with van der Waals surface area (Å²) in [6, 6.07) is 6.62. The lowest BCUT2D eigenvalue weighted by Gasteiger charge is -2.17. The van der Waals surface area contributed by atoms with Crippen LogP contribution in [0.2, 0.25) is 0 Å². The number of thioether (sulfide) groups is 1. The summed E-state index contributed by atoms with van der Waals surface area (Å²) in [4.78, 5) is 29.5. The number of aliphatic hydroxyl groups is 1. The lowest BCUT2D eigenvalue weighted by molar-refractivity contribution is -0.119. The van der Waals surface area contributed by atoms with Crippen molar-refractivity contribution in [2.75, 3.05) is 19.5 Å². The summed E-state index contributed by atoms with van der Waals surface area (Å²) in [6.45, 7) is 1.59. The molecule has 0 fully saturated rings. The van der Waals surface area contributed by atoms with Crippen LogP contribution in [0.3, 0.4) is 0 Å². The van der Waals surface area contributed by atoms with Crippen molar-refractivity contribution < 1.29 is 14.6 Å². The smallest absolute Gasteiger partial charge is 0.345 e. The first kappa shape index (κ1) is 18.0. The van der Waals surface area contributed by atoms with E-state index in [9.17, 15) is 14.7 Å². The van der Waals surface area contributed by atoms with Crippen molar-refractivity contribution in [3.8, 4) is 5.75 Å². The Kier molecular flexibility index (Phi) is 6.39. The first-order chi connectivity index (χ1) is 11.5. The maximum absolute atomic E-state index is 12.1. The first-order valence-electron chi connectivity index (χ1n) is 7.26. The van der Waals surface area contributed by atoms with Crippen LogP contribution in [0.1, 0.15) is 17.2 Å². The SMILES string of the molecule is COc1ccc([C@@H](CO)NC(=O)CSc2[nH]c(=O)ncc2C)cc1. The lowest BCUT2D eigenvalue weighted by atomic mass is 10.1. The van der Waals surface area contributed by atoms with Gasteiger partial charge in [-0.1, -0.05) is 23.9 Å². The number of amides is 1. The summed E-state index contributed by atoms with van der Waals surface area (Å²) in [6.07, 6.45) is 1.47. The molecule has 0 aliphatic rings. The van der Waals surface area contributed by atoms with E-state index >= 15 is 0 Å². The van der Waals surface area contributed by atoms with Gasteiger partial charge < -0.3 is 20.1 Å². The fourth-order valence-electron chi connectivity index (χ4n) is 2.04. The predicted octanol–water partition coefficient (Wildman–Crippen LogP) is 1.03. The van der Waals surface area contributed by atoms with E-state index in [1.165, 1.54) is 18.0 Å². The molecule has 3 N–H and O–H groups in total. The largest absolute Gasteiger partial charge is 0.497 e. The average molecular weight is 349 g/mol. The summed E-state index contributed by atoms with van der Waals surface area (Å²) >= 11 is 1.21. The van der Waals surface area contributed by atoms with Gasteiger partial charge >= 0.3 is 5.69 Å². The third-order valence-electron chi connectivity index (χ3n) is 3.34. The van der Waals surface area contributed by atoms with Gasteiger partial charge in [0.2, 0.25) is 5.91 Å². The molecule has 2 rings (SSSR count). The zero-order chi connectivity index (χ0) is 17.5. The molecular weight excluding hydrogens is 330 g/mol. The van der Waals surface area contributed by atoms with Crippen LogP contribution in [0.4, 0.5) is 0 Å². The van der Waals surface area contributed by atoms with Gasteiger partial charge in [0, 0.05) is 6.20 Å². The molecule has 0 aliphatic carbocycles. The highest BCUT2D eigenvalue weighted by molar-refractivity contribution is 7.99. The second-order valence-electron chi connectivity index (χ2n) is 5.06. The molecule has 0 bridgehead atoms. The molecule has 128 valence electrons. The van der Waals surface area contributed by atoms with Crippen LogP contribution < -0.4 is 15.7 Å². The average Bonchev–Trinajstić information content (AvgIpc) is 2.60. The second kappa shape index (κ2) is 8.51. The number of aryl methyl sites for hydroxylation is 1. The van der Waals surface area contributed by atoms with E-state index in [2.05, 4.69) is 15.3 Å². The summed E-state index contributed by atoms with van der Waals surface area (Å²) in [7, 11) is 1.57. The lowest BCUT2D eigenvalue weighted by Crippen LogP contribution is -2.32. The van der Waals surface area contributed by atoms with E-state index in [0.717, 1.165) is 11.1 Å². The Hall–Kier alpha value is -2.32. The molecule has 7 nitrogen and oxygen atoms in total. The molecule has 1 aromatic carbocycles. The monoisotopic (exact) mass is 349 g/mol. The molecule has 8 heteroatoms. The molecule has 1 atom stereocenters. The van der Waals surface area contributed by atoms with Gasteiger partial charge in [-0.15, -0.1) is 0 Å². The number of nitrogens with zero attached hydrogens (tertiary/aromatic N) is 1. The summed E-state index contributed by atoms with van der Waals surface area (Å²) < 4.78 is 5.08. The summed E-state index contributed by atoms with van der Waals surface area (Å²) in [5.41, 5.74) is 1.13. The summed E-state index contributed by atoms with van der Waals surface area (Å²) in [5, 5.41) is 12.9. The normalized spacial score (nSPS) is 11.8. The number of H-pyrrole nitrogens is 1. The molecule has 1 heterocycles. The number of carbonyl (C=O) groups is 1. The van der Waals surface area contributed by atoms with Crippen molar-refractivity contribution in [1.82, 2.24) is 15.3 Å². The number of hydrogen-bond donors (Lipinski definition) is 3. The highest BCUT2D eigenvalue weighted by Gasteiger charge is 2.14. The Morgan fingerprint density at radius 2 is 2.12 bits per heavy atom. The fraction of sp³-hybridized carbons (Fsp3) is 0.312. The molecular formula is C16H19N3O4S. The second-order valence-corrected chi connectivity index (χ2v) is 6.05. The van der Waals surface area contributed by atoms with E-state index in [1.54, 1.807) is 38.3 Å². The first-order valence-corrected chi connectivity index (χ1v) is 8.25. The standard InChI is InChI=1S/C16H19N3O4S/c1-10-7-17-16(22)19-15(10)24-9-14(21)18-13(8-20)11-3-5-12(23-2)6-4-11/h3-7,13,20H,8-9H2,1-2H3,(H,18,21)(H,17,19,22)/t13-/m1/s1. The Bertz CT molecular complexity index is 746. The number of rotatable bonds is 7. The zero-order valence-electron chi connectivity index (χ0n) is 13.4. The number of aromatic amines is 1. The molecule has 24 heavy (non-hydrogen) atoms. The molecule has 0 radical (unpaired) electrons. The minimum absolute atomic E-state index is 0.119. The Morgan fingerprint density at radius 3 is 2.75 bits per heavy atom. The molecule has 0 unspecified atom stereocenters. The van der Waals surface area contributed by atoms with Crippen molar-refractivity contribution in [2.24, 2.45) is 0 Å². The molecule has 0 aliphatic heterocycles. The quantitative estimate of drug-likeness (QED) is 0.509. The number of benzene rings is 1. The minimum Gasteiger partial charge on any atom is -0.497 e. The Morgan fingerprint density at radius 1 is 1.42 bits per heavy atom. The van der Waals surface area contributed by atoms with E-state index in [1.807, 2.05) is 0 Å². The number of aromatic nitrogens is 2. The van der Waals surface area contributed by atoms with Crippen molar-refractivity contribution in [3.63, 3.8) is 0 Å². The molecule has 1 amide bonds. The van der Waals surface area contributed by atoms with Gasteiger partial charge in [-0.3, -0.25) is 4.79 Å². The number of aliphatic hydroxyl groups excluding tert-OH is 1. The number of nitrogens with one attached hydrogen (secondary N) is 2. The van der Waals surface area contributed by atoms with Crippen molar-refractivity contribution in [3.05, 3.63) is 52.1 Å². The molecule has 0 saturated heterocycles. The van der Waals surface area contributed by atoms with Gasteiger partial charge in [0.1, 0.15) is 5.75 Å². The third-order valence-corrected chi connectivity index (χ3v) is 4.46. The fourth-order valence-corrected chi connectivity index (χ4v) is 2.83. The zero-order valence-corrected chi connectivity index (χ0v) is 14.2. The van der Waals surface area contributed by atoms with E-state index in [0.29, 0.717) is 10.8 Å². The predicted molar refractivity (Wildman–Crippen MR) is 91.3 cm³/mol. The highest BCUT2D eigenvalue weighted by atomic mass is 32.2. The van der Waals surface area contributed by atoms with E-state index in [4.69, 9.17) is 4.74 Å². The van der Waals surface area contributed by atoms with Crippen LogP contribution in [0, 0.1) is 6.92 Å². The maximum atomic E-state index is 12.1. The van der Waals surface area contributed by atoms with Crippen molar-refractivity contribution in [2.45, 2.75) is 18.0 Å². The van der Waals surface area contributed by atoms with Crippen LogP contribution in [0.25, 0.3) is 0 Å².